The molecule has 0 bridgehead atoms. The van der Waals surface area contributed by atoms with Crippen molar-refractivity contribution in [2.24, 2.45) is 0 Å². The second-order valence-corrected chi connectivity index (χ2v) is 2.80. The summed E-state index contributed by atoms with van der Waals surface area (Å²) in [4.78, 5) is 14.4. The maximum atomic E-state index is 13.3. The molecule has 0 radical (unpaired) electrons. The van der Waals surface area contributed by atoms with Crippen molar-refractivity contribution in [1.29, 1.82) is 0 Å². The smallest absolute Gasteiger partial charge is 0.359 e. The van der Waals surface area contributed by atoms with Crippen LogP contribution in [-0.4, -0.2) is 25.7 Å². The van der Waals surface area contributed by atoms with Gasteiger partial charge in [0.05, 0.1) is 0 Å². The highest BCUT2D eigenvalue weighted by atomic mass is 19.1. The first kappa shape index (κ1) is 8.61. The van der Waals surface area contributed by atoms with E-state index < -0.39 is 17.5 Å². The van der Waals surface area contributed by atoms with Gasteiger partial charge in [0.2, 0.25) is 11.5 Å². The molecular formula is C8H6FN3O2. The Labute approximate surface area is 77.8 Å². The van der Waals surface area contributed by atoms with Gasteiger partial charge in [-0.15, -0.1) is 0 Å². The summed E-state index contributed by atoms with van der Waals surface area (Å²) in [5, 5.41) is 12.1. The molecule has 0 amide bonds. The van der Waals surface area contributed by atoms with Crippen LogP contribution in [0.1, 0.15) is 16.2 Å². The highest BCUT2D eigenvalue weighted by Gasteiger charge is 2.19. The molecule has 0 aliphatic rings. The predicted molar refractivity (Wildman–Crippen MR) is 44.6 cm³/mol. The first-order valence-electron chi connectivity index (χ1n) is 3.84. The third-order valence-electron chi connectivity index (χ3n) is 1.77. The number of rotatable bonds is 1. The van der Waals surface area contributed by atoms with E-state index in [1.165, 1.54) is 6.20 Å². The fourth-order valence-electron chi connectivity index (χ4n) is 1.13. The minimum Gasteiger partial charge on any atom is -0.476 e. The van der Waals surface area contributed by atoms with Crippen molar-refractivity contribution < 1.29 is 14.3 Å². The number of aryl methyl sites for hydroxylation is 1. The summed E-state index contributed by atoms with van der Waals surface area (Å²) in [5.41, 5.74) is -0.0706. The van der Waals surface area contributed by atoms with Gasteiger partial charge in [-0.2, -0.15) is 5.10 Å². The second kappa shape index (κ2) is 2.76. The van der Waals surface area contributed by atoms with Gasteiger partial charge in [0.25, 0.3) is 0 Å². The molecule has 0 saturated carbocycles. The number of fused-ring (bicyclic) bond motifs is 1. The molecule has 0 aliphatic heterocycles. The van der Waals surface area contributed by atoms with E-state index in [9.17, 15) is 9.18 Å². The van der Waals surface area contributed by atoms with Gasteiger partial charge in [0.1, 0.15) is 0 Å². The molecule has 72 valence electrons. The van der Waals surface area contributed by atoms with E-state index in [2.05, 4.69) is 10.1 Å². The minimum absolute atomic E-state index is 0.0672. The summed E-state index contributed by atoms with van der Waals surface area (Å²) in [6.07, 6.45) is 1.47. The normalized spacial score (nSPS) is 10.7. The van der Waals surface area contributed by atoms with E-state index in [-0.39, 0.29) is 5.65 Å². The summed E-state index contributed by atoms with van der Waals surface area (Å²) < 4.78 is 14.4. The number of hydrogen-bond donors (Lipinski definition) is 1. The molecule has 0 fully saturated rings. The lowest BCUT2D eigenvalue weighted by Gasteiger charge is -1.92. The van der Waals surface area contributed by atoms with Gasteiger partial charge in [-0.3, -0.25) is 0 Å². The first-order valence-corrected chi connectivity index (χ1v) is 3.84. The van der Waals surface area contributed by atoms with Gasteiger partial charge in [0, 0.05) is 11.9 Å². The van der Waals surface area contributed by atoms with Crippen LogP contribution in [-0.2, 0) is 0 Å². The third kappa shape index (κ3) is 1.12. The van der Waals surface area contributed by atoms with Gasteiger partial charge in [0.15, 0.2) is 5.65 Å². The van der Waals surface area contributed by atoms with Crippen molar-refractivity contribution in [3.63, 3.8) is 0 Å². The summed E-state index contributed by atoms with van der Waals surface area (Å²) in [7, 11) is 0. The van der Waals surface area contributed by atoms with E-state index >= 15 is 0 Å². The molecule has 6 heteroatoms. The maximum absolute atomic E-state index is 13.3. The Hall–Kier alpha value is -1.98. The van der Waals surface area contributed by atoms with Gasteiger partial charge in [-0.25, -0.2) is 18.7 Å². The fraction of sp³-hybridized carbons (Fsp3) is 0.125. The van der Waals surface area contributed by atoms with Crippen LogP contribution in [0.3, 0.4) is 0 Å². The second-order valence-electron chi connectivity index (χ2n) is 2.80. The molecule has 14 heavy (non-hydrogen) atoms. The lowest BCUT2D eigenvalue weighted by atomic mass is 10.4. The van der Waals surface area contributed by atoms with Crippen LogP contribution < -0.4 is 0 Å². The molecular weight excluding hydrogens is 189 g/mol. The quantitative estimate of drug-likeness (QED) is 0.733. The van der Waals surface area contributed by atoms with Crippen molar-refractivity contribution >= 4 is 11.6 Å². The maximum Gasteiger partial charge on any atom is 0.359 e. The summed E-state index contributed by atoms with van der Waals surface area (Å²) in [5.74, 6) is -2.30. The molecule has 2 heterocycles. The number of aromatic nitrogens is 3. The molecule has 5 nitrogen and oxygen atoms in total. The Kier molecular flexibility index (Phi) is 1.70. The molecule has 0 spiro atoms. The van der Waals surface area contributed by atoms with E-state index in [0.717, 1.165) is 4.52 Å². The molecule has 2 rings (SSSR count). The number of carbonyl (C=O) groups is 1. The number of carboxylic acid groups (broad SMARTS) is 1. The summed E-state index contributed by atoms with van der Waals surface area (Å²) in [6.45, 7) is 1.69. The van der Waals surface area contributed by atoms with Crippen LogP contribution in [0, 0.1) is 12.7 Å². The Bertz CT molecular complexity index is 521. The average Bonchev–Trinajstić information content (AvgIpc) is 2.44. The number of hydrogen-bond acceptors (Lipinski definition) is 3. The third-order valence-corrected chi connectivity index (χ3v) is 1.77. The van der Waals surface area contributed by atoms with Gasteiger partial charge in [-0.05, 0) is 13.0 Å². The lowest BCUT2D eigenvalue weighted by Crippen LogP contribution is -1.99. The Morgan fingerprint density at radius 3 is 3.00 bits per heavy atom. The van der Waals surface area contributed by atoms with Crippen LogP contribution in [0.5, 0.6) is 0 Å². The van der Waals surface area contributed by atoms with E-state index in [1.807, 2.05) is 0 Å². The van der Waals surface area contributed by atoms with E-state index in [4.69, 9.17) is 5.11 Å². The fourth-order valence-corrected chi connectivity index (χ4v) is 1.13. The Morgan fingerprint density at radius 2 is 2.36 bits per heavy atom. The number of nitrogens with zero attached hydrogens (tertiary/aromatic N) is 3. The van der Waals surface area contributed by atoms with Crippen LogP contribution in [0.25, 0.3) is 5.65 Å². The first-order chi connectivity index (χ1) is 6.59. The van der Waals surface area contributed by atoms with Crippen molar-refractivity contribution in [3.8, 4) is 0 Å². The van der Waals surface area contributed by atoms with Crippen molar-refractivity contribution in [1.82, 2.24) is 14.6 Å². The summed E-state index contributed by atoms with van der Waals surface area (Å²) >= 11 is 0. The lowest BCUT2D eigenvalue weighted by molar-refractivity contribution is 0.0685. The largest absolute Gasteiger partial charge is 0.476 e. The van der Waals surface area contributed by atoms with Crippen LogP contribution in [0.4, 0.5) is 4.39 Å². The summed E-state index contributed by atoms with van der Waals surface area (Å²) in [6, 6.07) is 1.62. The van der Waals surface area contributed by atoms with Crippen molar-refractivity contribution in [2.75, 3.05) is 0 Å². The number of aromatic carboxylic acids is 1. The van der Waals surface area contributed by atoms with Crippen molar-refractivity contribution in [3.05, 3.63) is 29.5 Å². The topological polar surface area (TPSA) is 67.5 Å². The zero-order chi connectivity index (χ0) is 10.3. The number of carboxylic acids is 1. The average molecular weight is 195 g/mol. The zero-order valence-electron chi connectivity index (χ0n) is 7.23. The highest BCUT2D eigenvalue weighted by molar-refractivity contribution is 5.87. The minimum atomic E-state index is -1.40. The molecule has 0 atom stereocenters. The standard InChI is InChI=1S/C8H6FN3O2/c1-4-2-3-12-7(10-4)5(9)6(11-12)8(13)14/h2-3H,1H3,(H,13,14). The van der Waals surface area contributed by atoms with E-state index in [1.54, 1.807) is 13.0 Å². The zero-order valence-corrected chi connectivity index (χ0v) is 7.23. The van der Waals surface area contributed by atoms with Crippen molar-refractivity contribution in [2.45, 2.75) is 6.92 Å². The van der Waals surface area contributed by atoms with Gasteiger partial charge >= 0.3 is 5.97 Å². The van der Waals surface area contributed by atoms with Gasteiger partial charge < -0.3 is 5.11 Å². The molecule has 0 aliphatic carbocycles. The molecule has 0 saturated heterocycles. The highest BCUT2D eigenvalue weighted by Crippen LogP contribution is 2.11. The molecule has 2 aromatic heterocycles. The van der Waals surface area contributed by atoms with Crippen LogP contribution >= 0.6 is 0 Å². The molecule has 0 unspecified atom stereocenters. The Balaban J connectivity index is 2.80. The number of halogens is 1. The van der Waals surface area contributed by atoms with Crippen LogP contribution in [0.15, 0.2) is 12.3 Å². The molecule has 2 aromatic rings. The molecule has 1 N–H and O–H groups in total. The monoisotopic (exact) mass is 195 g/mol. The SMILES string of the molecule is Cc1ccn2nc(C(=O)O)c(F)c2n1. The van der Waals surface area contributed by atoms with E-state index in [0.29, 0.717) is 5.69 Å². The van der Waals surface area contributed by atoms with Gasteiger partial charge in [-0.1, -0.05) is 0 Å². The predicted octanol–water partition coefficient (Wildman–Crippen LogP) is 0.875. The Morgan fingerprint density at radius 1 is 1.64 bits per heavy atom. The van der Waals surface area contributed by atoms with Crippen LogP contribution in [0.2, 0.25) is 0 Å². The molecule has 0 aromatic carbocycles.